The third kappa shape index (κ3) is 8.12. The van der Waals surface area contributed by atoms with Gasteiger partial charge in [-0.25, -0.2) is 4.79 Å². The summed E-state index contributed by atoms with van der Waals surface area (Å²) >= 11 is 0. The number of nitro groups is 1. The van der Waals surface area contributed by atoms with Gasteiger partial charge >= 0.3 is 18.0 Å². The molecule has 0 aromatic heterocycles. The zero-order valence-corrected chi connectivity index (χ0v) is 11.4. The van der Waals surface area contributed by atoms with Gasteiger partial charge in [-0.05, 0) is 12.8 Å². The van der Waals surface area contributed by atoms with E-state index in [4.69, 9.17) is 0 Å². The summed E-state index contributed by atoms with van der Waals surface area (Å²) in [6.45, 7) is 0. The minimum absolute atomic E-state index is 0.191. The molecule has 0 saturated heterocycles. The maximum Gasteiger partial charge on any atom is 0.381 e. The molecule has 0 bridgehead atoms. The summed E-state index contributed by atoms with van der Waals surface area (Å²) in [5, 5.41) is 10.6. The molecular formula is C12H21NO6. The molecule has 0 saturated carbocycles. The quantitative estimate of drug-likeness (QED) is 0.260. The van der Waals surface area contributed by atoms with Crippen LogP contribution in [0.1, 0.15) is 44.9 Å². The van der Waals surface area contributed by atoms with Crippen molar-refractivity contribution in [3.63, 3.8) is 0 Å². The highest BCUT2D eigenvalue weighted by atomic mass is 16.6. The Bertz CT molecular complexity index is 305. The van der Waals surface area contributed by atoms with Crippen LogP contribution in [0.25, 0.3) is 0 Å². The molecule has 0 N–H and O–H groups in total. The first-order chi connectivity index (χ1) is 9.02. The Kier molecular flexibility index (Phi) is 9.38. The van der Waals surface area contributed by atoms with Crippen molar-refractivity contribution in [3.8, 4) is 0 Å². The largest absolute Gasteiger partial charge is 0.469 e. The molecule has 7 heteroatoms. The lowest BCUT2D eigenvalue weighted by Gasteiger charge is -2.06. The first kappa shape index (κ1) is 17.3. The smallest absolute Gasteiger partial charge is 0.381 e. The van der Waals surface area contributed by atoms with E-state index in [0.717, 1.165) is 32.8 Å². The highest BCUT2D eigenvalue weighted by Gasteiger charge is 2.29. The van der Waals surface area contributed by atoms with Gasteiger partial charge in [0.05, 0.1) is 14.2 Å². The molecule has 0 spiro atoms. The molecule has 19 heavy (non-hydrogen) atoms. The Hall–Kier alpha value is -1.66. The molecule has 0 rings (SSSR count). The van der Waals surface area contributed by atoms with Crippen molar-refractivity contribution in [2.24, 2.45) is 0 Å². The Morgan fingerprint density at radius 2 is 1.63 bits per heavy atom. The summed E-state index contributed by atoms with van der Waals surface area (Å²) in [7, 11) is 2.50. The molecule has 0 radical (unpaired) electrons. The van der Waals surface area contributed by atoms with Gasteiger partial charge in [0.2, 0.25) is 0 Å². The molecular weight excluding hydrogens is 254 g/mol. The van der Waals surface area contributed by atoms with Gasteiger partial charge in [-0.1, -0.05) is 19.3 Å². The lowest BCUT2D eigenvalue weighted by atomic mass is 10.1. The van der Waals surface area contributed by atoms with Gasteiger partial charge in [-0.3, -0.25) is 14.9 Å². The number of unbranched alkanes of at least 4 members (excludes halogenated alkanes) is 4. The number of carbonyl (C=O) groups excluding carboxylic acids is 2. The molecule has 0 aliphatic carbocycles. The van der Waals surface area contributed by atoms with E-state index in [2.05, 4.69) is 9.47 Å². The number of methoxy groups -OCH3 is 2. The first-order valence-electron chi connectivity index (χ1n) is 6.31. The van der Waals surface area contributed by atoms with E-state index in [1.165, 1.54) is 7.11 Å². The van der Waals surface area contributed by atoms with E-state index in [-0.39, 0.29) is 12.4 Å². The number of rotatable bonds is 10. The molecule has 0 amide bonds. The standard InChI is InChI=1S/C12H21NO6/c1-18-11(14)9-7-5-3-4-6-8-10(13(16)17)12(15)19-2/h10H,3-9H2,1-2H3. The molecule has 0 heterocycles. The van der Waals surface area contributed by atoms with Crippen LogP contribution in [0.4, 0.5) is 0 Å². The molecule has 7 nitrogen and oxygen atoms in total. The number of nitrogens with zero attached hydrogens (tertiary/aromatic N) is 1. The third-order valence-corrected chi connectivity index (χ3v) is 2.81. The topological polar surface area (TPSA) is 95.7 Å². The Balaban J connectivity index is 3.64. The lowest BCUT2D eigenvalue weighted by Crippen LogP contribution is -2.30. The van der Waals surface area contributed by atoms with Crippen LogP contribution in [0.2, 0.25) is 0 Å². The van der Waals surface area contributed by atoms with Gasteiger partial charge in [0.15, 0.2) is 0 Å². The maximum absolute atomic E-state index is 11.1. The van der Waals surface area contributed by atoms with Crippen LogP contribution >= 0.6 is 0 Å². The van der Waals surface area contributed by atoms with E-state index in [9.17, 15) is 19.7 Å². The van der Waals surface area contributed by atoms with Crippen molar-refractivity contribution in [2.75, 3.05) is 14.2 Å². The van der Waals surface area contributed by atoms with Crippen molar-refractivity contribution in [1.82, 2.24) is 0 Å². The van der Waals surface area contributed by atoms with Crippen LogP contribution < -0.4 is 0 Å². The van der Waals surface area contributed by atoms with Gasteiger partial charge < -0.3 is 9.47 Å². The third-order valence-electron chi connectivity index (χ3n) is 2.81. The normalized spacial score (nSPS) is 11.7. The van der Waals surface area contributed by atoms with Gasteiger partial charge in [0.25, 0.3) is 0 Å². The predicted octanol–water partition coefficient (Wildman–Crippen LogP) is 1.71. The van der Waals surface area contributed by atoms with E-state index in [1.807, 2.05) is 0 Å². The second kappa shape index (κ2) is 10.3. The Morgan fingerprint density at radius 3 is 2.16 bits per heavy atom. The molecule has 0 aromatic carbocycles. The van der Waals surface area contributed by atoms with Crippen LogP contribution in [-0.2, 0) is 19.1 Å². The van der Waals surface area contributed by atoms with Crippen molar-refractivity contribution >= 4 is 11.9 Å². The van der Waals surface area contributed by atoms with Crippen molar-refractivity contribution in [3.05, 3.63) is 10.1 Å². The number of esters is 2. The van der Waals surface area contributed by atoms with Gasteiger partial charge in [-0.15, -0.1) is 0 Å². The molecule has 110 valence electrons. The van der Waals surface area contributed by atoms with Crippen LogP contribution in [0.5, 0.6) is 0 Å². The number of ether oxygens (including phenoxy) is 2. The molecule has 0 aliphatic heterocycles. The van der Waals surface area contributed by atoms with Crippen LogP contribution in [0, 0.1) is 10.1 Å². The second-order valence-corrected chi connectivity index (χ2v) is 4.21. The van der Waals surface area contributed by atoms with Gasteiger partial charge in [0, 0.05) is 17.8 Å². The fraction of sp³-hybridized carbons (Fsp3) is 0.833. The van der Waals surface area contributed by atoms with E-state index in [1.54, 1.807) is 0 Å². The predicted molar refractivity (Wildman–Crippen MR) is 67.1 cm³/mol. The summed E-state index contributed by atoms with van der Waals surface area (Å²) in [5.41, 5.74) is 0. The Labute approximate surface area is 112 Å². The fourth-order valence-electron chi connectivity index (χ4n) is 1.68. The maximum atomic E-state index is 11.1. The second-order valence-electron chi connectivity index (χ2n) is 4.21. The summed E-state index contributed by atoms with van der Waals surface area (Å²) < 4.78 is 8.89. The zero-order chi connectivity index (χ0) is 14.7. The molecule has 0 aliphatic rings. The first-order valence-corrected chi connectivity index (χ1v) is 6.31. The number of carbonyl (C=O) groups is 2. The number of hydrogen-bond donors (Lipinski definition) is 0. The molecule has 0 aromatic rings. The summed E-state index contributed by atoms with van der Waals surface area (Å²) in [4.78, 5) is 32.0. The van der Waals surface area contributed by atoms with Crippen LogP contribution in [-0.4, -0.2) is 37.1 Å². The number of hydrogen-bond acceptors (Lipinski definition) is 6. The monoisotopic (exact) mass is 275 g/mol. The minimum Gasteiger partial charge on any atom is -0.469 e. The zero-order valence-electron chi connectivity index (χ0n) is 11.4. The highest BCUT2D eigenvalue weighted by molar-refractivity contribution is 5.74. The molecule has 0 fully saturated rings. The summed E-state index contributed by atoms with van der Waals surface area (Å²) in [6.07, 6.45) is 4.48. The highest BCUT2D eigenvalue weighted by Crippen LogP contribution is 2.11. The van der Waals surface area contributed by atoms with Crippen molar-refractivity contribution in [2.45, 2.75) is 51.0 Å². The van der Waals surface area contributed by atoms with Crippen molar-refractivity contribution < 1.29 is 24.0 Å². The Morgan fingerprint density at radius 1 is 1.05 bits per heavy atom. The average Bonchev–Trinajstić information content (AvgIpc) is 2.40. The van der Waals surface area contributed by atoms with E-state index in [0.29, 0.717) is 12.8 Å². The average molecular weight is 275 g/mol. The van der Waals surface area contributed by atoms with Gasteiger partial charge in [-0.2, -0.15) is 0 Å². The SMILES string of the molecule is COC(=O)CCCCCCCC(C(=O)OC)[N+](=O)[O-]. The lowest BCUT2D eigenvalue weighted by molar-refractivity contribution is -0.511. The fourth-order valence-corrected chi connectivity index (χ4v) is 1.68. The minimum atomic E-state index is -1.26. The van der Waals surface area contributed by atoms with E-state index < -0.39 is 16.9 Å². The summed E-state index contributed by atoms with van der Waals surface area (Å²) in [6, 6.07) is -1.26. The van der Waals surface area contributed by atoms with Crippen LogP contribution in [0.15, 0.2) is 0 Å². The van der Waals surface area contributed by atoms with E-state index >= 15 is 0 Å². The van der Waals surface area contributed by atoms with Crippen molar-refractivity contribution in [1.29, 1.82) is 0 Å². The molecule has 1 unspecified atom stereocenters. The van der Waals surface area contributed by atoms with Gasteiger partial charge in [0.1, 0.15) is 0 Å². The summed E-state index contributed by atoms with van der Waals surface area (Å²) in [5.74, 6) is -1.02. The molecule has 1 atom stereocenters. The van der Waals surface area contributed by atoms with Crippen LogP contribution in [0.3, 0.4) is 0 Å².